The maximum Gasteiger partial charge on any atom is 0.133 e. The number of carbonyl (C=O) groups is 1. The molecule has 1 aliphatic heterocycles. The summed E-state index contributed by atoms with van der Waals surface area (Å²) >= 11 is 0. The normalized spacial score (nSPS) is 35.1. The Balaban J connectivity index is 1.76. The van der Waals surface area contributed by atoms with Gasteiger partial charge in [0.05, 0.1) is 0 Å². The van der Waals surface area contributed by atoms with Crippen LogP contribution in [0.5, 0.6) is 0 Å². The summed E-state index contributed by atoms with van der Waals surface area (Å²) in [6.07, 6.45) is 5.45. The van der Waals surface area contributed by atoms with Gasteiger partial charge in [-0.3, -0.25) is 4.79 Å². The van der Waals surface area contributed by atoms with Gasteiger partial charge in [-0.2, -0.15) is 0 Å². The predicted molar refractivity (Wildman–Crippen MR) is 57.2 cm³/mol. The largest absolute Gasteiger partial charge is 0.303 e. The average Bonchev–Trinajstić information content (AvgIpc) is 2.51. The summed E-state index contributed by atoms with van der Waals surface area (Å²) in [5.74, 6) is 2.03. The highest BCUT2D eigenvalue weighted by Gasteiger charge is 2.25. The summed E-state index contributed by atoms with van der Waals surface area (Å²) in [5.41, 5.74) is 0. The molecule has 0 aromatic rings. The Labute approximate surface area is 86.7 Å². The Bertz CT molecular complexity index is 214. The van der Waals surface area contributed by atoms with Crippen molar-refractivity contribution in [1.29, 1.82) is 0 Å². The van der Waals surface area contributed by atoms with Crippen LogP contribution < -0.4 is 0 Å². The van der Waals surface area contributed by atoms with E-state index in [0.29, 0.717) is 11.7 Å². The maximum atomic E-state index is 11.3. The van der Waals surface area contributed by atoms with E-state index in [9.17, 15) is 4.79 Å². The van der Waals surface area contributed by atoms with E-state index in [1.165, 1.54) is 32.5 Å². The number of Topliss-reactive ketones (excluding diaryl/α,β-unsaturated/α-hetero) is 1. The van der Waals surface area contributed by atoms with Crippen LogP contribution in [-0.4, -0.2) is 30.3 Å². The summed E-state index contributed by atoms with van der Waals surface area (Å²) in [6, 6.07) is 0. The zero-order valence-electron chi connectivity index (χ0n) is 9.17. The minimum atomic E-state index is 0.494. The van der Waals surface area contributed by atoms with Crippen molar-refractivity contribution in [2.24, 2.45) is 11.8 Å². The van der Waals surface area contributed by atoms with Crippen molar-refractivity contribution < 1.29 is 4.79 Å². The molecular formula is C12H21NO. The molecule has 2 rings (SSSR count). The lowest BCUT2D eigenvalue weighted by Gasteiger charge is -2.26. The van der Waals surface area contributed by atoms with E-state index in [1.54, 1.807) is 0 Å². The molecule has 0 amide bonds. The predicted octanol–water partition coefficient (Wildman–Crippen LogP) is 2.09. The van der Waals surface area contributed by atoms with Crippen LogP contribution in [0.3, 0.4) is 0 Å². The summed E-state index contributed by atoms with van der Waals surface area (Å²) in [5, 5.41) is 0. The van der Waals surface area contributed by atoms with Crippen LogP contribution in [0.2, 0.25) is 0 Å². The molecule has 1 aliphatic carbocycles. The van der Waals surface area contributed by atoms with Crippen LogP contribution >= 0.6 is 0 Å². The van der Waals surface area contributed by atoms with Crippen molar-refractivity contribution >= 4 is 5.78 Å². The Morgan fingerprint density at radius 1 is 1.43 bits per heavy atom. The quantitative estimate of drug-likeness (QED) is 0.672. The first-order valence-corrected chi connectivity index (χ1v) is 5.98. The molecular weight excluding hydrogens is 174 g/mol. The first-order chi connectivity index (χ1) is 6.74. The smallest absolute Gasteiger partial charge is 0.133 e. The number of likely N-dealkylation sites (tertiary alicyclic amines) is 1. The van der Waals surface area contributed by atoms with Crippen molar-refractivity contribution in [2.45, 2.75) is 39.0 Å². The number of ketones is 1. The lowest BCUT2D eigenvalue weighted by atomic mass is 9.88. The van der Waals surface area contributed by atoms with Gasteiger partial charge in [-0.1, -0.05) is 6.92 Å². The zero-order chi connectivity index (χ0) is 9.97. The highest BCUT2D eigenvalue weighted by molar-refractivity contribution is 5.79. The van der Waals surface area contributed by atoms with Gasteiger partial charge in [0.1, 0.15) is 5.78 Å². The molecule has 2 atom stereocenters. The number of hydrogen-bond acceptors (Lipinski definition) is 2. The van der Waals surface area contributed by atoms with Crippen molar-refractivity contribution in [3.8, 4) is 0 Å². The Hall–Kier alpha value is -0.370. The van der Waals surface area contributed by atoms with Crippen molar-refractivity contribution in [3.63, 3.8) is 0 Å². The minimum Gasteiger partial charge on any atom is -0.303 e. The first-order valence-electron chi connectivity index (χ1n) is 5.98. The molecule has 2 nitrogen and oxygen atoms in total. The van der Waals surface area contributed by atoms with E-state index in [4.69, 9.17) is 0 Å². The van der Waals surface area contributed by atoms with Gasteiger partial charge in [-0.25, -0.2) is 0 Å². The fraction of sp³-hybridized carbons (Fsp3) is 0.917. The topological polar surface area (TPSA) is 20.3 Å². The molecule has 2 heteroatoms. The highest BCUT2D eigenvalue weighted by atomic mass is 16.1. The number of hydrogen-bond donors (Lipinski definition) is 0. The Morgan fingerprint density at radius 3 is 2.93 bits per heavy atom. The zero-order valence-corrected chi connectivity index (χ0v) is 9.17. The fourth-order valence-corrected chi connectivity index (χ4v) is 2.83. The summed E-state index contributed by atoms with van der Waals surface area (Å²) in [6.45, 7) is 6.01. The van der Waals surface area contributed by atoms with Gasteiger partial charge >= 0.3 is 0 Å². The van der Waals surface area contributed by atoms with Crippen LogP contribution in [0.25, 0.3) is 0 Å². The summed E-state index contributed by atoms with van der Waals surface area (Å²) in [4.78, 5) is 13.8. The van der Waals surface area contributed by atoms with E-state index in [-0.39, 0.29) is 0 Å². The maximum absolute atomic E-state index is 11.3. The molecule has 0 aromatic heterocycles. The van der Waals surface area contributed by atoms with Crippen molar-refractivity contribution in [2.75, 3.05) is 19.6 Å². The number of nitrogens with zero attached hydrogens (tertiary/aromatic N) is 1. The van der Waals surface area contributed by atoms with Gasteiger partial charge in [0.15, 0.2) is 0 Å². The summed E-state index contributed by atoms with van der Waals surface area (Å²) < 4.78 is 0. The van der Waals surface area contributed by atoms with Crippen LogP contribution in [-0.2, 0) is 4.79 Å². The third-order valence-corrected chi connectivity index (χ3v) is 3.61. The van der Waals surface area contributed by atoms with E-state index < -0.39 is 0 Å². The fourth-order valence-electron chi connectivity index (χ4n) is 2.83. The van der Waals surface area contributed by atoms with Gasteiger partial charge < -0.3 is 4.90 Å². The molecule has 2 unspecified atom stereocenters. The molecule has 0 N–H and O–H groups in total. The standard InChI is InChI=1S/C12H21NO/c1-10-5-6-13(8-10)9-11-3-2-4-12(14)7-11/h10-11H,2-9H2,1H3. The van der Waals surface area contributed by atoms with Crippen molar-refractivity contribution in [1.82, 2.24) is 4.90 Å². The third kappa shape index (κ3) is 2.57. The molecule has 0 radical (unpaired) electrons. The second-order valence-electron chi connectivity index (χ2n) is 5.15. The van der Waals surface area contributed by atoms with E-state index in [2.05, 4.69) is 11.8 Å². The molecule has 1 saturated carbocycles. The van der Waals surface area contributed by atoms with E-state index in [0.717, 1.165) is 25.2 Å². The second-order valence-corrected chi connectivity index (χ2v) is 5.15. The summed E-state index contributed by atoms with van der Waals surface area (Å²) in [7, 11) is 0. The molecule has 14 heavy (non-hydrogen) atoms. The van der Waals surface area contributed by atoms with E-state index in [1.807, 2.05) is 0 Å². The molecule has 1 saturated heterocycles. The lowest BCUT2D eigenvalue weighted by Crippen LogP contribution is -2.30. The van der Waals surface area contributed by atoms with Crippen molar-refractivity contribution in [3.05, 3.63) is 0 Å². The third-order valence-electron chi connectivity index (χ3n) is 3.61. The monoisotopic (exact) mass is 195 g/mol. The lowest BCUT2D eigenvalue weighted by molar-refractivity contribution is -0.121. The van der Waals surface area contributed by atoms with Gasteiger partial charge in [0.25, 0.3) is 0 Å². The number of rotatable bonds is 2. The first kappa shape index (κ1) is 10.2. The minimum absolute atomic E-state index is 0.494. The van der Waals surface area contributed by atoms with Gasteiger partial charge in [0, 0.05) is 25.9 Å². The van der Waals surface area contributed by atoms with E-state index >= 15 is 0 Å². The van der Waals surface area contributed by atoms with Gasteiger partial charge in [-0.15, -0.1) is 0 Å². The van der Waals surface area contributed by atoms with Gasteiger partial charge in [0.2, 0.25) is 0 Å². The average molecular weight is 195 g/mol. The molecule has 0 bridgehead atoms. The molecule has 2 fully saturated rings. The molecule has 80 valence electrons. The van der Waals surface area contributed by atoms with Crippen LogP contribution in [0.15, 0.2) is 0 Å². The molecule has 1 heterocycles. The number of carbonyl (C=O) groups excluding carboxylic acids is 1. The van der Waals surface area contributed by atoms with Gasteiger partial charge in [-0.05, 0) is 37.6 Å². The van der Waals surface area contributed by atoms with Crippen LogP contribution in [0.1, 0.15) is 39.0 Å². The van der Waals surface area contributed by atoms with Crippen LogP contribution in [0.4, 0.5) is 0 Å². The molecule has 0 spiro atoms. The Morgan fingerprint density at radius 2 is 2.29 bits per heavy atom. The Kier molecular flexibility index (Phi) is 3.22. The SMILES string of the molecule is CC1CCN(CC2CCCC(=O)C2)C1. The molecule has 0 aromatic carbocycles. The second kappa shape index (κ2) is 4.43. The molecule has 2 aliphatic rings. The van der Waals surface area contributed by atoms with Crippen LogP contribution in [0, 0.1) is 11.8 Å². The highest BCUT2D eigenvalue weighted by Crippen LogP contribution is 2.24.